The zero-order chi connectivity index (χ0) is 40.1. The van der Waals surface area contributed by atoms with Crippen LogP contribution < -0.4 is 0 Å². The van der Waals surface area contributed by atoms with Crippen LogP contribution in [0.5, 0.6) is 0 Å². The highest BCUT2D eigenvalue weighted by Gasteiger charge is 2.19. The van der Waals surface area contributed by atoms with Crippen molar-refractivity contribution in [2.75, 3.05) is 13.2 Å². The first-order valence-corrected chi connectivity index (χ1v) is 23.5. The third-order valence-corrected chi connectivity index (χ3v) is 10.2. The molecule has 0 aliphatic rings. The van der Waals surface area contributed by atoms with Gasteiger partial charge in [0.1, 0.15) is 13.2 Å². The van der Waals surface area contributed by atoms with E-state index in [9.17, 15) is 14.4 Å². The number of ether oxygens (including phenoxy) is 3. The lowest BCUT2D eigenvalue weighted by Crippen LogP contribution is -2.30. The van der Waals surface area contributed by atoms with Crippen molar-refractivity contribution in [1.29, 1.82) is 0 Å². The Balaban J connectivity index is 4.37. The molecule has 0 aromatic carbocycles. The molecule has 0 fully saturated rings. The number of hydrogen-bond acceptors (Lipinski definition) is 6. The van der Waals surface area contributed by atoms with Gasteiger partial charge in [-0.2, -0.15) is 0 Å². The molecule has 0 aliphatic carbocycles. The van der Waals surface area contributed by atoms with Gasteiger partial charge >= 0.3 is 17.9 Å². The lowest BCUT2D eigenvalue weighted by atomic mass is 10.0. The molecule has 0 N–H and O–H groups in total. The molecule has 0 amide bonds. The van der Waals surface area contributed by atoms with Gasteiger partial charge in [0.05, 0.1) is 0 Å². The van der Waals surface area contributed by atoms with Crippen molar-refractivity contribution < 1.29 is 28.6 Å². The van der Waals surface area contributed by atoms with Crippen LogP contribution in [0.1, 0.15) is 239 Å². The van der Waals surface area contributed by atoms with Crippen molar-refractivity contribution in [3.05, 3.63) is 36.5 Å². The van der Waals surface area contributed by atoms with Crippen LogP contribution in [0.25, 0.3) is 0 Å². The van der Waals surface area contributed by atoms with Crippen LogP contribution in [0.2, 0.25) is 0 Å². The van der Waals surface area contributed by atoms with Gasteiger partial charge in [0.2, 0.25) is 0 Å². The van der Waals surface area contributed by atoms with Crippen LogP contribution in [-0.4, -0.2) is 37.2 Å². The molecule has 55 heavy (non-hydrogen) atoms. The minimum absolute atomic E-state index is 0.0743. The molecular formula is C49H88O6. The molecule has 0 heterocycles. The summed E-state index contributed by atoms with van der Waals surface area (Å²) in [6.45, 7) is 6.50. The summed E-state index contributed by atoms with van der Waals surface area (Å²) >= 11 is 0. The van der Waals surface area contributed by atoms with Crippen molar-refractivity contribution in [3.8, 4) is 0 Å². The molecule has 320 valence electrons. The van der Waals surface area contributed by atoms with Gasteiger partial charge in [-0.25, -0.2) is 0 Å². The van der Waals surface area contributed by atoms with Gasteiger partial charge in [-0.15, -0.1) is 0 Å². The van der Waals surface area contributed by atoms with Crippen molar-refractivity contribution >= 4 is 17.9 Å². The fraction of sp³-hybridized carbons (Fsp3) is 0.816. The second kappa shape index (κ2) is 44.3. The van der Waals surface area contributed by atoms with Crippen LogP contribution >= 0.6 is 0 Å². The summed E-state index contributed by atoms with van der Waals surface area (Å²) in [4.78, 5) is 37.7. The summed E-state index contributed by atoms with van der Waals surface area (Å²) < 4.78 is 16.7. The highest BCUT2D eigenvalue weighted by atomic mass is 16.6. The Morgan fingerprint density at radius 1 is 0.382 bits per heavy atom. The summed E-state index contributed by atoms with van der Waals surface area (Å²) in [6.07, 6.45) is 49.8. The van der Waals surface area contributed by atoms with Crippen LogP contribution in [0, 0.1) is 0 Å². The molecule has 0 rings (SSSR count). The van der Waals surface area contributed by atoms with Gasteiger partial charge in [-0.3, -0.25) is 14.4 Å². The van der Waals surface area contributed by atoms with E-state index >= 15 is 0 Å². The van der Waals surface area contributed by atoms with Crippen LogP contribution in [0.4, 0.5) is 0 Å². The minimum Gasteiger partial charge on any atom is -0.462 e. The molecule has 1 unspecified atom stereocenters. The molecule has 6 heteroatoms. The SMILES string of the molecule is CC/C=C\C/C=C\C/C=C\CCCCCCCC(=O)OCC(COC(=O)CCCCCCCCCCCC)OC(=O)CCCCCCCCCCCCCC. The van der Waals surface area contributed by atoms with E-state index < -0.39 is 6.10 Å². The lowest BCUT2D eigenvalue weighted by molar-refractivity contribution is -0.167. The van der Waals surface area contributed by atoms with E-state index in [-0.39, 0.29) is 31.1 Å². The van der Waals surface area contributed by atoms with Crippen LogP contribution in [-0.2, 0) is 28.6 Å². The summed E-state index contributed by atoms with van der Waals surface area (Å²) in [6, 6.07) is 0. The Bertz CT molecular complexity index is 938. The van der Waals surface area contributed by atoms with E-state index in [0.717, 1.165) is 96.3 Å². The number of hydrogen-bond donors (Lipinski definition) is 0. The van der Waals surface area contributed by atoms with Gasteiger partial charge in [0, 0.05) is 19.3 Å². The van der Waals surface area contributed by atoms with E-state index in [1.54, 1.807) is 0 Å². The Kier molecular flexibility index (Phi) is 42.4. The Labute approximate surface area is 340 Å². The number of esters is 3. The summed E-state index contributed by atoms with van der Waals surface area (Å²) in [5.41, 5.74) is 0. The maximum Gasteiger partial charge on any atom is 0.306 e. The van der Waals surface area contributed by atoms with Gasteiger partial charge in [0.15, 0.2) is 6.10 Å². The van der Waals surface area contributed by atoms with Crippen LogP contribution in [0.15, 0.2) is 36.5 Å². The third-order valence-electron chi connectivity index (χ3n) is 10.2. The van der Waals surface area contributed by atoms with Gasteiger partial charge in [0.25, 0.3) is 0 Å². The van der Waals surface area contributed by atoms with Crippen molar-refractivity contribution in [3.63, 3.8) is 0 Å². The van der Waals surface area contributed by atoms with Crippen molar-refractivity contribution in [1.82, 2.24) is 0 Å². The van der Waals surface area contributed by atoms with E-state index in [4.69, 9.17) is 14.2 Å². The maximum absolute atomic E-state index is 12.7. The molecule has 0 saturated carbocycles. The number of carbonyl (C=O) groups excluding carboxylic acids is 3. The Morgan fingerprint density at radius 2 is 0.709 bits per heavy atom. The van der Waals surface area contributed by atoms with Gasteiger partial charge in [-0.1, -0.05) is 205 Å². The van der Waals surface area contributed by atoms with E-state index in [1.165, 1.54) is 103 Å². The van der Waals surface area contributed by atoms with E-state index in [2.05, 4.69) is 57.2 Å². The molecule has 0 aromatic heterocycles. The molecule has 0 aromatic rings. The molecule has 0 bridgehead atoms. The normalized spacial score (nSPS) is 12.3. The average molecular weight is 773 g/mol. The second-order valence-corrected chi connectivity index (χ2v) is 15.6. The molecule has 0 saturated heterocycles. The number of carbonyl (C=O) groups is 3. The molecule has 0 aliphatic heterocycles. The molecule has 0 spiro atoms. The molecule has 1 atom stereocenters. The maximum atomic E-state index is 12.7. The fourth-order valence-electron chi connectivity index (χ4n) is 6.63. The topological polar surface area (TPSA) is 78.9 Å². The fourth-order valence-corrected chi connectivity index (χ4v) is 6.63. The highest BCUT2D eigenvalue weighted by Crippen LogP contribution is 2.15. The Hall–Kier alpha value is -2.37. The van der Waals surface area contributed by atoms with Gasteiger partial charge < -0.3 is 14.2 Å². The summed E-state index contributed by atoms with van der Waals surface area (Å²) in [5.74, 6) is -0.888. The van der Waals surface area contributed by atoms with Crippen molar-refractivity contribution in [2.45, 2.75) is 245 Å². The number of unbranched alkanes of at least 4 members (excludes halogenated alkanes) is 25. The second-order valence-electron chi connectivity index (χ2n) is 15.6. The van der Waals surface area contributed by atoms with Crippen LogP contribution in [0.3, 0.4) is 0 Å². The average Bonchev–Trinajstić information content (AvgIpc) is 3.18. The number of allylic oxidation sites excluding steroid dienone is 6. The first-order valence-electron chi connectivity index (χ1n) is 23.5. The third kappa shape index (κ3) is 42.6. The first-order chi connectivity index (χ1) is 27.0. The smallest absolute Gasteiger partial charge is 0.306 e. The lowest BCUT2D eigenvalue weighted by Gasteiger charge is -2.18. The standard InChI is InChI=1S/C49H88O6/c1-4-7-10-13-16-19-22-24-25-26-28-30-33-36-39-42-48(51)54-45-46(44-53-47(50)41-38-35-32-29-21-18-15-12-9-6-3)55-49(52)43-40-37-34-31-27-23-20-17-14-11-8-5-2/h7,10,16,19,24-25,46H,4-6,8-9,11-15,17-18,20-23,26-45H2,1-3H3/b10-7-,19-16-,25-24-. The monoisotopic (exact) mass is 773 g/mol. The highest BCUT2D eigenvalue weighted by molar-refractivity contribution is 5.71. The zero-order valence-corrected chi connectivity index (χ0v) is 36.4. The predicted octanol–water partition coefficient (Wildman–Crippen LogP) is 15.0. The number of rotatable bonds is 42. The predicted molar refractivity (Wildman–Crippen MR) is 233 cm³/mol. The quantitative estimate of drug-likeness (QED) is 0.0266. The summed E-state index contributed by atoms with van der Waals surface area (Å²) in [7, 11) is 0. The van der Waals surface area contributed by atoms with Gasteiger partial charge in [-0.05, 0) is 51.4 Å². The van der Waals surface area contributed by atoms with E-state index in [0.29, 0.717) is 19.3 Å². The summed E-state index contributed by atoms with van der Waals surface area (Å²) in [5, 5.41) is 0. The Morgan fingerprint density at radius 3 is 1.11 bits per heavy atom. The van der Waals surface area contributed by atoms with E-state index in [1.807, 2.05) is 0 Å². The molecule has 0 radical (unpaired) electrons. The molecular weight excluding hydrogens is 685 g/mol. The molecule has 6 nitrogen and oxygen atoms in total. The van der Waals surface area contributed by atoms with Crippen molar-refractivity contribution in [2.24, 2.45) is 0 Å². The zero-order valence-electron chi connectivity index (χ0n) is 36.4. The first kappa shape index (κ1) is 52.6. The largest absolute Gasteiger partial charge is 0.462 e. The minimum atomic E-state index is -0.771.